The summed E-state index contributed by atoms with van der Waals surface area (Å²) in [5, 5.41) is 18.9. The lowest BCUT2D eigenvalue weighted by Gasteiger charge is -2.50. The van der Waals surface area contributed by atoms with E-state index in [1.54, 1.807) is 170 Å². The second-order valence-electron chi connectivity index (χ2n) is 29.4. The van der Waals surface area contributed by atoms with Gasteiger partial charge in [0, 0.05) is 197 Å². The molecule has 1 saturated carbocycles. The Bertz CT molecular complexity index is 4440. The Morgan fingerprint density at radius 3 is 0.795 bits per heavy atom. The second-order valence-corrected chi connectivity index (χ2v) is 29.4. The van der Waals surface area contributed by atoms with Gasteiger partial charge in [-0.15, -0.1) is 0 Å². The number of hydrogen-bond donors (Lipinski definition) is 11. The van der Waals surface area contributed by atoms with Crippen molar-refractivity contribution in [3.8, 4) is 0 Å². The van der Waals surface area contributed by atoms with Crippen LogP contribution in [0.4, 0.5) is 113 Å². The zero-order valence-corrected chi connectivity index (χ0v) is 67.7. The Morgan fingerprint density at radius 1 is 0.299 bits per heavy atom. The third-order valence-electron chi connectivity index (χ3n) is 19.4. The van der Waals surface area contributed by atoms with Crippen LogP contribution in [0.25, 0.3) is 0 Å². The van der Waals surface area contributed by atoms with E-state index in [2.05, 4.69) is 37.2 Å². The number of nitrogens with two attached hydrogens (primary N) is 4. The molecule has 1 aliphatic carbocycles. The molecule has 0 unspecified atom stereocenters. The largest absolute Gasteiger partial charge is 0.446 e. The Labute approximate surface area is 679 Å². The van der Waals surface area contributed by atoms with Crippen LogP contribution in [0.5, 0.6) is 0 Å². The van der Waals surface area contributed by atoms with Gasteiger partial charge < -0.3 is 109 Å². The molecule has 15 atom stereocenters. The first-order chi connectivity index (χ1) is 55.7. The molecule has 2 aliphatic heterocycles. The molecule has 7 amide bonds. The van der Waals surface area contributed by atoms with Crippen molar-refractivity contribution in [1.29, 1.82) is 0 Å². The summed E-state index contributed by atoms with van der Waals surface area (Å²) in [6.07, 6.45) is -29.7. The lowest BCUT2D eigenvalue weighted by Crippen LogP contribution is -2.70. The standard InChI is InChI=1S/C81H106N18O18/c1-93(2)53-29-15-46(16-30-53)86-75(100)107-45-63-67(112-76(101)87-47-17-31-54(32-18-47)94(3)4)64(85)69(114-78(103)89-49-21-35-56(36-22-49)96(7)8)73(109-63)110-65-60(83)43-61(84)66(70(65)115-79(104)90-50-23-37-57(38-24-50)97(9)10)111-74-72(117-81(106)92-52-27-41-59(42-28-52)99(13)14)71(116-80(105)91-51-25-39-58(40-26-51)98(11)12)68(62(44-82)108-74)113-77(102)88-48-19-33-55(34-20-48)95(5)6/h15-42,60-74H,43-45,82-85H2,1-14H3,(H,86,100)(H,87,101)(H,88,102)(H,89,103)(H,90,104)(H,91,105)(H,92,106)/t60-,61+,62+,63-,64+,65+,66-,67-,68+,69-,70-,71-,72+,73-,74+/m1/s1. The van der Waals surface area contributed by atoms with Crippen LogP contribution in [-0.4, -0.2) is 246 Å². The van der Waals surface area contributed by atoms with Gasteiger partial charge in [-0.2, -0.15) is 0 Å². The third kappa shape index (κ3) is 23.7. The van der Waals surface area contributed by atoms with Crippen LogP contribution >= 0.6 is 0 Å². The number of rotatable bonds is 27. The molecule has 2 saturated heterocycles. The number of carbonyl (C=O) groups excluding carboxylic acids is 7. The van der Waals surface area contributed by atoms with Crippen LogP contribution in [0.15, 0.2) is 170 Å². The molecule has 10 rings (SSSR count). The van der Waals surface area contributed by atoms with Crippen molar-refractivity contribution in [1.82, 2.24) is 0 Å². The van der Waals surface area contributed by atoms with Gasteiger partial charge in [0.05, 0.1) is 6.04 Å². The maximum absolute atomic E-state index is 15.0. The van der Waals surface area contributed by atoms with E-state index in [0.29, 0.717) is 17.1 Å². The molecular weight excluding hydrogens is 1510 g/mol. The minimum Gasteiger partial charge on any atom is -0.446 e. The van der Waals surface area contributed by atoms with E-state index >= 15 is 0 Å². The monoisotopic (exact) mass is 1620 g/mol. The molecule has 117 heavy (non-hydrogen) atoms. The van der Waals surface area contributed by atoms with E-state index in [1.807, 2.05) is 133 Å². The summed E-state index contributed by atoms with van der Waals surface area (Å²) in [4.78, 5) is 115. The summed E-state index contributed by atoms with van der Waals surface area (Å²) in [5.41, 5.74) is 35.9. The summed E-state index contributed by atoms with van der Waals surface area (Å²) in [7, 11) is 25.8. The molecule has 15 N–H and O–H groups in total. The SMILES string of the molecule is CN(C)c1ccc(NC(=O)OC[C@H]2O[C@H](O[C@@H]3[C@@H](OC(=O)Nc4ccc(N(C)C)cc4)[C@H](O[C@@H]4O[C@@H](CN)[C@H](OC(=O)Nc5ccc(N(C)C)cc5)[C@@H](OC(=O)Nc5ccc(N(C)C)cc5)[C@@H]4OC(=O)Nc4ccc(N(C)C)cc4)[C@@H](N)C[C@H]3N)[C@H](OC(=O)Nc3ccc(N(C)C)cc3)[C@@H](N)[C@@H]2OC(=O)Nc2ccc(N(C)C)cc2)cc1. The number of ether oxygens (including phenoxy) is 11. The van der Waals surface area contributed by atoms with Gasteiger partial charge in [0.1, 0.15) is 31.0 Å². The lowest BCUT2D eigenvalue weighted by atomic mass is 9.84. The fraction of sp³-hybridized carbons (Fsp3) is 0.395. The minimum absolute atomic E-state index is 0.237. The maximum Gasteiger partial charge on any atom is 0.412 e. The molecule has 0 aromatic heterocycles. The number of benzene rings is 7. The summed E-state index contributed by atoms with van der Waals surface area (Å²) in [6, 6.07) is 42.9. The molecule has 2 heterocycles. The van der Waals surface area contributed by atoms with Crippen molar-refractivity contribution in [3.05, 3.63) is 170 Å². The average molecular weight is 1620 g/mol. The molecule has 0 radical (unpaired) electrons. The van der Waals surface area contributed by atoms with E-state index in [9.17, 15) is 33.6 Å². The molecule has 7 aromatic carbocycles. The molecule has 3 aliphatic rings. The summed E-state index contributed by atoms with van der Waals surface area (Å²) in [5.74, 6) is 0. The zero-order chi connectivity index (χ0) is 84.5. The highest BCUT2D eigenvalue weighted by molar-refractivity contribution is 5.90. The molecular formula is C81H106N18O18. The third-order valence-corrected chi connectivity index (χ3v) is 19.4. The smallest absolute Gasteiger partial charge is 0.412 e. The van der Waals surface area contributed by atoms with Crippen LogP contribution in [-0.2, 0) is 52.1 Å². The Kier molecular flexibility index (Phi) is 29.7. The van der Waals surface area contributed by atoms with Crippen LogP contribution in [0.2, 0.25) is 0 Å². The van der Waals surface area contributed by atoms with E-state index in [-0.39, 0.29) is 29.2 Å². The van der Waals surface area contributed by atoms with E-state index in [1.165, 1.54) is 0 Å². The molecule has 36 nitrogen and oxygen atoms in total. The van der Waals surface area contributed by atoms with Gasteiger partial charge in [0.2, 0.25) is 0 Å². The van der Waals surface area contributed by atoms with Crippen molar-refractivity contribution >= 4 is 122 Å². The van der Waals surface area contributed by atoms with Gasteiger partial charge in [0.15, 0.2) is 49.2 Å². The van der Waals surface area contributed by atoms with E-state index in [4.69, 9.17) is 75.0 Å². The van der Waals surface area contributed by atoms with Gasteiger partial charge in [0.25, 0.3) is 0 Å². The van der Waals surface area contributed by atoms with Gasteiger partial charge in [-0.25, -0.2) is 33.6 Å². The van der Waals surface area contributed by atoms with Crippen LogP contribution in [0.3, 0.4) is 0 Å². The van der Waals surface area contributed by atoms with Crippen molar-refractivity contribution in [2.75, 3.05) is 183 Å². The molecule has 36 heteroatoms. The summed E-state index contributed by atoms with van der Waals surface area (Å²) >= 11 is 0. The quantitative estimate of drug-likeness (QED) is 0.0214. The normalized spacial score (nSPS) is 22.6. The first kappa shape index (κ1) is 87.1. The van der Waals surface area contributed by atoms with Crippen molar-refractivity contribution in [2.45, 2.75) is 98.2 Å². The predicted octanol–water partition coefficient (Wildman–Crippen LogP) is 8.97. The van der Waals surface area contributed by atoms with Crippen molar-refractivity contribution in [2.24, 2.45) is 22.9 Å². The van der Waals surface area contributed by atoms with Crippen LogP contribution in [0, 0.1) is 0 Å². The van der Waals surface area contributed by atoms with Gasteiger partial charge in [-0.3, -0.25) is 37.2 Å². The Balaban J connectivity index is 1.06. The van der Waals surface area contributed by atoms with Gasteiger partial charge in [-0.05, 0) is 176 Å². The fourth-order valence-corrected chi connectivity index (χ4v) is 12.9. The zero-order valence-electron chi connectivity index (χ0n) is 67.7. The second kappa shape index (κ2) is 39.8. The average Bonchev–Trinajstić information content (AvgIpc) is 0.754. The van der Waals surface area contributed by atoms with E-state index < -0.39 is 148 Å². The number of nitrogens with zero attached hydrogens (tertiary/aromatic N) is 7. The number of anilines is 14. The van der Waals surface area contributed by atoms with E-state index in [0.717, 1.165) is 39.8 Å². The highest BCUT2D eigenvalue weighted by Gasteiger charge is 2.58. The topological polar surface area (TPSA) is 432 Å². The molecule has 7 aromatic rings. The van der Waals surface area contributed by atoms with Crippen LogP contribution < -0.4 is 94.5 Å². The highest BCUT2D eigenvalue weighted by atomic mass is 16.8. The number of hydrogen-bond acceptors (Lipinski definition) is 29. The maximum atomic E-state index is 15.0. The first-order valence-electron chi connectivity index (χ1n) is 37.6. The molecule has 628 valence electrons. The van der Waals surface area contributed by atoms with Crippen molar-refractivity contribution in [3.63, 3.8) is 0 Å². The Hall–Kier alpha value is -12.3. The van der Waals surface area contributed by atoms with Crippen molar-refractivity contribution < 1.29 is 85.7 Å². The highest BCUT2D eigenvalue weighted by Crippen LogP contribution is 2.38. The summed E-state index contributed by atoms with van der Waals surface area (Å²) < 4.78 is 71.2. The lowest BCUT2D eigenvalue weighted by molar-refractivity contribution is -0.328. The summed E-state index contributed by atoms with van der Waals surface area (Å²) in [6.45, 7) is -1.24. The van der Waals surface area contributed by atoms with Crippen LogP contribution in [0.1, 0.15) is 6.42 Å². The molecule has 0 bridgehead atoms. The molecule has 0 spiro atoms. The fourth-order valence-electron chi connectivity index (χ4n) is 12.9. The number of amides is 7. The predicted molar refractivity (Wildman–Crippen MR) is 448 cm³/mol. The van der Waals surface area contributed by atoms with Gasteiger partial charge in [-0.1, -0.05) is 0 Å². The number of carbonyl (C=O) groups is 7. The minimum atomic E-state index is -2.02. The first-order valence-corrected chi connectivity index (χ1v) is 37.6. The Morgan fingerprint density at radius 2 is 0.521 bits per heavy atom. The molecule has 3 fully saturated rings. The van der Waals surface area contributed by atoms with Gasteiger partial charge >= 0.3 is 42.7 Å². The number of nitrogens with one attached hydrogen (secondary N) is 7.